The van der Waals surface area contributed by atoms with Crippen LogP contribution in [0.15, 0.2) is 60.7 Å². The average molecular weight is 410 g/mol. The fourth-order valence-corrected chi connectivity index (χ4v) is 3.92. The molecule has 29 heavy (non-hydrogen) atoms. The van der Waals surface area contributed by atoms with Crippen molar-refractivity contribution in [3.63, 3.8) is 0 Å². The first kappa shape index (κ1) is 19.3. The van der Waals surface area contributed by atoms with E-state index in [9.17, 15) is 9.59 Å². The zero-order valence-electron chi connectivity index (χ0n) is 15.7. The molecule has 0 atom stereocenters. The van der Waals surface area contributed by atoms with Gasteiger partial charge in [0.15, 0.2) is 6.61 Å². The molecular weight excluding hydrogens is 390 g/mol. The van der Waals surface area contributed by atoms with E-state index in [1.807, 2.05) is 48.5 Å². The molecule has 0 aliphatic heterocycles. The lowest BCUT2D eigenvalue weighted by Gasteiger charge is -2.40. The summed E-state index contributed by atoms with van der Waals surface area (Å²) in [6.07, 6.45) is 2.63. The Kier molecular flexibility index (Phi) is 5.16. The highest BCUT2D eigenvalue weighted by molar-refractivity contribution is 6.30. The zero-order chi connectivity index (χ0) is 20.4. The highest BCUT2D eigenvalue weighted by atomic mass is 35.5. The lowest BCUT2D eigenvalue weighted by atomic mass is 9.64. The number of halogens is 1. The fraction of sp³-hybridized carbons (Fsp3) is 0.217. The Balaban J connectivity index is 1.58. The lowest BCUT2D eigenvalue weighted by molar-refractivity contribution is -0.139. The molecule has 0 spiro atoms. The van der Waals surface area contributed by atoms with Gasteiger partial charge in [0.05, 0.1) is 5.41 Å². The van der Waals surface area contributed by atoms with Crippen molar-refractivity contribution in [2.45, 2.75) is 24.7 Å². The number of carbonyl (C=O) groups is 2. The maximum Gasteiger partial charge on any atom is 0.341 e. The predicted octanol–water partition coefficient (Wildman–Crippen LogP) is 5.02. The van der Waals surface area contributed by atoms with Crippen LogP contribution in [-0.2, 0) is 15.0 Å². The van der Waals surface area contributed by atoms with E-state index in [1.165, 1.54) is 0 Å². The summed E-state index contributed by atoms with van der Waals surface area (Å²) in [5, 5.41) is 14.2. The summed E-state index contributed by atoms with van der Waals surface area (Å²) in [7, 11) is 0. The number of amides is 1. The van der Waals surface area contributed by atoms with Gasteiger partial charge in [-0.05, 0) is 60.2 Å². The van der Waals surface area contributed by atoms with Gasteiger partial charge >= 0.3 is 5.97 Å². The fourth-order valence-electron chi connectivity index (χ4n) is 3.79. The van der Waals surface area contributed by atoms with Crippen LogP contribution in [0.4, 0.5) is 5.69 Å². The van der Waals surface area contributed by atoms with E-state index in [4.69, 9.17) is 21.4 Å². The van der Waals surface area contributed by atoms with Crippen LogP contribution in [-0.4, -0.2) is 23.6 Å². The van der Waals surface area contributed by atoms with E-state index in [0.29, 0.717) is 16.5 Å². The second kappa shape index (κ2) is 7.76. The number of carbonyl (C=O) groups excluding carboxylic acids is 1. The van der Waals surface area contributed by atoms with Crippen LogP contribution in [0, 0.1) is 0 Å². The van der Waals surface area contributed by atoms with Crippen molar-refractivity contribution < 1.29 is 19.4 Å². The summed E-state index contributed by atoms with van der Waals surface area (Å²) in [5.41, 5.74) is 1.15. The Morgan fingerprint density at radius 2 is 1.83 bits per heavy atom. The third kappa shape index (κ3) is 3.78. The molecule has 4 rings (SSSR count). The molecule has 0 saturated heterocycles. The summed E-state index contributed by atoms with van der Waals surface area (Å²) in [4.78, 5) is 23.9. The van der Waals surface area contributed by atoms with E-state index >= 15 is 0 Å². The third-order valence-corrected chi connectivity index (χ3v) is 5.74. The summed E-state index contributed by atoms with van der Waals surface area (Å²) in [6.45, 7) is -0.402. The van der Waals surface area contributed by atoms with Crippen molar-refractivity contribution in [1.82, 2.24) is 0 Å². The Morgan fingerprint density at radius 3 is 2.48 bits per heavy atom. The number of rotatable bonds is 6. The quantitative estimate of drug-likeness (QED) is 0.599. The minimum atomic E-state index is -1.03. The number of carboxylic acid groups (broad SMARTS) is 1. The second-order valence-corrected chi connectivity index (χ2v) is 7.71. The number of hydrogen-bond donors (Lipinski definition) is 2. The molecule has 1 fully saturated rings. The molecule has 1 amide bonds. The van der Waals surface area contributed by atoms with E-state index in [2.05, 4.69) is 5.32 Å². The van der Waals surface area contributed by atoms with Gasteiger partial charge in [-0.15, -0.1) is 0 Å². The number of benzene rings is 3. The summed E-state index contributed by atoms with van der Waals surface area (Å²) < 4.78 is 5.35. The van der Waals surface area contributed by atoms with Crippen molar-refractivity contribution in [2.75, 3.05) is 11.9 Å². The van der Waals surface area contributed by atoms with Gasteiger partial charge in [0.1, 0.15) is 5.75 Å². The molecule has 1 aliphatic rings. The summed E-state index contributed by atoms with van der Waals surface area (Å²) >= 11 is 6.00. The second-order valence-electron chi connectivity index (χ2n) is 7.27. The molecule has 148 valence electrons. The first-order valence-corrected chi connectivity index (χ1v) is 9.81. The Morgan fingerprint density at radius 1 is 1.07 bits per heavy atom. The molecule has 6 heteroatoms. The van der Waals surface area contributed by atoms with Crippen LogP contribution in [0.3, 0.4) is 0 Å². The monoisotopic (exact) mass is 409 g/mol. The minimum Gasteiger partial charge on any atom is -0.481 e. The van der Waals surface area contributed by atoms with E-state index in [0.717, 1.165) is 35.6 Å². The van der Waals surface area contributed by atoms with Crippen molar-refractivity contribution >= 4 is 39.9 Å². The standard InChI is InChI=1S/C23H20ClNO4/c24-17-7-5-16(6-8-17)23(11-2-12-23)22(28)25-18-9-10-19-15(13-18)3-1-4-20(19)29-14-21(26)27/h1,3-10,13H,2,11-12,14H2,(H,25,28)(H,26,27). The summed E-state index contributed by atoms with van der Waals surface area (Å²) in [6, 6.07) is 18.4. The molecule has 0 aromatic heterocycles. The highest BCUT2D eigenvalue weighted by Crippen LogP contribution is 2.45. The van der Waals surface area contributed by atoms with Gasteiger partial charge < -0.3 is 15.2 Å². The lowest BCUT2D eigenvalue weighted by Crippen LogP contribution is -2.45. The molecule has 3 aromatic rings. The van der Waals surface area contributed by atoms with Gasteiger partial charge in [-0.25, -0.2) is 4.79 Å². The molecule has 0 heterocycles. The molecule has 0 unspecified atom stereocenters. The van der Waals surface area contributed by atoms with Gasteiger partial charge in [-0.2, -0.15) is 0 Å². The van der Waals surface area contributed by atoms with Crippen molar-refractivity contribution in [2.24, 2.45) is 0 Å². The molecule has 2 N–H and O–H groups in total. The number of anilines is 1. The topological polar surface area (TPSA) is 75.6 Å². The highest BCUT2D eigenvalue weighted by Gasteiger charge is 2.45. The number of aliphatic carboxylic acids is 1. The Bertz CT molecular complexity index is 1070. The zero-order valence-corrected chi connectivity index (χ0v) is 16.4. The first-order chi connectivity index (χ1) is 14.0. The molecule has 1 saturated carbocycles. The average Bonchev–Trinajstić information content (AvgIpc) is 2.66. The van der Waals surface area contributed by atoms with Crippen molar-refractivity contribution in [1.29, 1.82) is 0 Å². The smallest absolute Gasteiger partial charge is 0.341 e. The van der Waals surface area contributed by atoms with Crippen LogP contribution < -0.4 is 10.1 Å². The van der Waals surface area contributed by atoms with Crippen LogP contribution >= 0.6 is 11.6 Å². The molecule has 0 radical (unpaired) electrons. The third-order valence-electron chi connectivity index (χ3n) is 5.49. The van der Waals surface area contributed by atoms with E-state index in [-0.39, 0.29) is 5.91 Å². The maximum absolute atomic E-state index is 13.1. The van der Waals surface area contributed by atoms with Gasteiger partial charge in [0, 0.05) is 16.1 Å². The van der Waals surface area contributed by atoms with E-state index in [1.54, 1.807) is 12.1 Å². The summed E-state index contributed by atoms with van der Waals surface area (Å²) in [5.74, 6) is -0.554. The van der Waals surface area contributed by atoms with Crippen molar-refractivity contribution in [3.8, 4) is 5.75 Å². The Hall–Kier alpha value is -3.05. The molecule has 5 nitrogen and oxygen atoms in total. The van der Waals surface area contributed by atoms with Gasteiger partial charge in [-0.3, -0.25) is 4.79 Å². The number of nitrogens with one attached hydrogen (secondary N) is 1. The number of fused-ring (bicyclic) bond motifs is 1. The van der Waals surface area contributed by atoms with Crippen LogP contribution in [0.25, 0.3) is 10.8 Å². The molecular formula is C23H20ClNO4. The Labute approximate surface area is 173 Å². The molecule has 1 aliphatic carbocycles. The number of carboxylic acids is 1. The van der Waals surface area contributed by atoms with E-state index < -0.39 is 18.0 Å². The number of hydrogen-bond acceptors (Lipinski definition) is 3. The molecule has 3 aromatic carbocycles. The normalized spacial score (nSPS) is 14.8. The largest absolute Gasteiger partial charge is 0.481 e. The van der Waals surface area contributed by atoms with Gasteiger partial charge in [0.25, 0.3) is 0 Å². The molecule has 0 bridgehead atoms. The van der Waals surface area contributed by atoms with Gasteiger partial charge in [0.2, 0.25) is 5.91 Å². The van der Waals surface area contributed by atoms with Gasteiger partial charge in [-0.1, -0.05) is 42.3 Å². The number of ether oxygens (including phenoxy) is 1. The van der Waals surface area contributed by atoms with Crippen molar-refractivity contribution in [3.05, 3.63) is 71.2 Å². The van der Waals surface area contributed by atoms with Crippen LogP contribution in [0.1, 0.15) is 24.8 Å². The SMILES string of the molecule is O=C(O)COc1cccc2cc(NC(=O)C3(c4ccc(Cl)cc4)CCC3)ccc12. The van der Waals surface area contributed by atoms with Crippen LogP contribution in [0.5, 0.6) is 5.75 Å². The predicted molar refractivity (Wildman–Crippen MR) is 113 cm³/mol. The maximum atomic E-state index is 13.1. The first-order valence-electron chi connectivity index (χ1n) is 9.43. The minimum absolute atomic E-state index is 0.0243. The van der Waals surface area contributed by atoms with Crippen LogP contribution in [0.2, 0.25) is 5.02 Å².